The first-order chi connectivity index (χ1) is 14.6. The van der Waals surface area contributed by atoms with Crippen LogP contribution in [0.2, 0.25) is 0 Å². The Morgan fingerprint density at radius 3 is 2.60 bits per heavy atom. The average molecular weight is 422 g/mol. The molecule has 0 N–H and O–H groups in total. The molecule has 8 heteroatoms. The summed E-state index contributed by atoms with van der Waals surface area (Å²) < 4.78 is 15.0. The Morgan fingerprint density at radius 1 is 1.20 bits per heavy atom. The topological polar surface area (TPSA) is 63.4 Å². The van der Waals surface area contributed by atoms with E-state index < -0.39 is 0 Å². The fourth-order valence-corrected chi connectivity index (χ4v) is 5.01. The fraction of sp³-hybridized carbons (Fsp3) is 0.273. The highest BCUT2D eigenvalue weighted by Gasteiger charge is 2.31. The van der Waals surface area contributed by atoms with Gasteiger partial charge in [0.1, 0.15) is 12.1 Å². The summed E-state index contributed by atoms with van der Waals surface area (Å²) in [6, 6.07) is 7.97. The number of aromatic nitrogens is 4. The largest absolute Gasteiger partial charge is 0.366 e. The molecule has 4 aromatic rings. The molecule has 1 aliphatic rings. The van der Waals surface area contributed by atoms with Gasteiger partial charge in [-0.2, -0.15) is 0 Å². The maximum Gasteiger partial charge on any atom is 0.259 e. The zero-order valence-corrected chi connectivity index (χ0v) is 17.3. The molecule has 1 aromatic carbocycles. The molecular weight excluding hydrogens is 401 g/mol. The van der Waals surface area contributed by atoms with Crippen molar-refractivity contribution in [1.82, 2.24) is 19.4 Å². The van der Waals surface area contributed by atoms with Crippen molar-refractivity contribution in [2.24, 2.45) is 0 Å². The van der Waals surface area contributed by atoms with Crippen LogP contribution in [0.25, 0.3) is 16.2 Å². The number of benzene rings is 1. The van der Waals surface area contributed by atoms with E-state index in [1.807, 2.05) is 6.92 Å². The van der Waals surface area contributed by atoms with Gasteiger partial charge in [-0.15, -0.1) is 11.3 Å². The highest BCUT2D eigenvalue weighted by Crippen LogP contribution is 2.47. The van der Waals surface area contributed by atoms with Gasteiger partial charge in [0.05, 0.1) is 17.9 Å². The van der Waals surface area contributed by atoms with Crippen molar-refractivity contribution in [3.8, 4) is 11.3 Å². The first-order valence-electron chi connectivity index (χ1n) is 9.95. The quantitative estimate of drug-likeness (QED) is 0.466. The predicted molar refractivity (Wildman–Crippen MR) is 115 cm³/mol. The van der Waals surface area contributed by atoms with Crippen LogP contribution < -0.4 is 10.5 Å². The SMILES string of the molecule is CCN(Cc1cc(=O)n2c(-c3cncnc3)c(C3CC3)sc2n1)c1ccc(F)cc1. The van der Waals surface area contributed by atoms with E-state index in [9.17, 15) is 9.18 Å². The van der Waals surface area contributed by atoms with E-state index in [0.29, 0.717) is 23.1 Å². The molecule has 152 valence electrons. The van der Waals surface area contributed by atoms with Crippen molar-refractivity contribution in [2.75, 3.05) is 11.4 Å². The van der Waals surface area contributed by atoms with E-state index >= 15 is 0 Å². The lowest BCUT2D eigenvalue weighted by Crippen LogP contribution is -2.24. The summed E-state index contributed by atoms with van der Waals surface area (Å²) in [4.78, 5) is 30.1. The maximum absolute atomic E-state index is 13.3. The summed E-state index contributed by atoms with van der Waals surface area (Å²) in [7, 11) is 0. The molecule has 0 aliphatic heterocycles. The second-order valence-electron chi connectivity index (χ2n) is 7.41. The van der Waals surface area contributed by atoms with Gasteiger partial charge < -0.3 is 4.90 Å². The van der Waals surface area contributed by atoms with Crippen LogP contribution in [0.4, 0.5) is 10.1 Å². The monoisotopic (exact) mass is 421 g/mol. The Kier molecular flexibility index (Phi) is 4.78. The Bertz CT molecular complexity index is 1250. The molecule has 30 heavy (non-hydrogen) atoms. The van der Waals surface area contributed by atoms with Gasteiger partial charge in [0.25, 0.3) is 5.56 Å². The van der Waals surface area contributed by atoms with E-state index in [1.165, 1.54) is 23.3 Å². The molecule has 0 radical (unpaired) electrons. The van der Waals surface area contributed by atoms with Gasteiger partial charge in [-0.25, -0.2) is 19.3 Å². The molecule has 0 amide bonds. The second-order valence-corrected chi connectivity index (χ2v) is 8.42. The van der Waals surface area contributed by atoms with E-state index in [-0.39, 0.29) is 11.4 Å². The number of hydrogen-bond donors (Lipinski definition) is 0. The summed E-state index contributed by atoms with van der Waals surface area (Å²) in [6.07, 6.45) is 7.23. The van der Waals surface area contributed by atoms with Gasteiger partial charge in [0, 0.05) is 41.1 Å². The van der Waals surface area contributed by atoms with Crippen molar-refractivity contribution in [2.45, 2.75) is 32.2 Å². The van der Waals surface area contributed by atoms with Crippen molar-refractivity contribution >= 4 is 22.0 Å². The summed E-state index contributed by atoms with van der Waals surface area (Å²) >= 11 is 1.58. The highest BCUT2D eigenvalue weighted by atomic mass is 32.1. The molecule has 3 aromatic heterocycles. The number of hydrogen-bond acceptors (Lipinski definition) is 6. The lowest BCUT2D eigenvalue weighted by molar-refractivity contribution is 0.627. The Hall–Kier alpha value is -3.13. The first-order valence-corrected chi connectivity index (χ1v) is 10.8. The van der Waals surface area contributed by atoms with Crippen LogP contribution in [0.3, 0.4) is 0 Å². The van der Waals surface area contributed by atoms with Gasteiger partial charge >= 0.3 is 0 Å². The molecule has 0 saturated heterocycles. The van der Waals surface area contributed by atoms with Crippen LogP contribution in [-0.2, 0) is 6.54 Å². The van der Waals surface area contributed by atoms with Crippen molar-refractivity contribution in [3.05, 3.63) is 75.8 Å². The standard InChI is InChI=1S/C22H20FN5OS/c1-2-27(18-7-5-16(23)6-8-18)12-17-9-19(29)28-20(15-10-24-13-25-11-15)21(14-3-4-14)30-22(28)26-17/h5-11,13-14H,2-4,12H2,1H3. The van der Waals surface area contributed by atoms with E-state index in [1.54, 1.807) is 46.3 Å². The highest BCUT2D eigenvalue weighted by molar-refractivity contribution is 7.17. The van der Waals surface area contributed by atoms with Gasteiger partial charge in [-0.1, -0.05) is 0 Å². The minimum atomic E-state index is -0.267. The molecule has 6 nitrogen and oxygen atoms in total. The van der Waals surface area contributed by atoms with Crippen LogP contribution in [0.5, 0.6) is 0 Å². The Balaban J connectivity index is 1.57. The first kappa shape index (κ1) is 18.9. The number of fused-ring (bicyclic) bond motifs is 1. The van der Waals surface area contributed by atoms with Crippen LogP contribution in [0.1, 0.15) is 36.3 Å². The fourth-order valence-electron chi connectivity index (χ4n) is 3.67. The third kappa shape index (κ3) is 3.47. The summed E-state index contributed by atoms with van der Waals surface area (Å²) in [5, 5.41) is 0. The normalized spacial score (nSPS) is 13.7. The van der Waals surface area contributed by atoms with Crippen molar-refractivity contribution < 1.29 is 4.39 Å². The number of halogens is 1. The van der Waals surface area contributed by atoms with Crippen molar-refractivity contribution in [1.29, 1.82) is 0 Å². The maximum atomic E-state index is 13.3. The van der Waals surface area contributed by atoms with Crippen LogP contribution >= 0.6 is 11.3 Å². The molecule has 0 bridgehead atoms. The number of thiazole rings is 1. The minimum absolute atomic E-state index is 0.104. The van der Waals surface area contributed by atoms with Crippen LogP contribution in [0, 0.1) is 5.82 Å². The van der Waals surface area contributed by atoms with E-state index in [4.69, 9.17) is 4.98 Å². The van der Waals surface area contributed by atoms with E-state index in [2.05, 4.69) is 14.9 Å². The lowest BCUT2D eigenvalue weighted by Gasteiger charge is -2.22. The number of anilines is 1. The Labute approximate surface area is 176 Å². The van der Waals surface area contributed by atoms with Crippen LogP contribution in [-0.4, -0.2) is 25.9 Å². The summed E-state index contributed by atoms with van der Waals surface area (Å²) in [6.45, 7) is 3.23. The molecule has 0 spiro atoms. The molecular formula is C22H20FN5OS. The van der Waals surface area contributed by atoms with Gasteiger partial charge in [0.15, 0.2) is 4.96 Å². The molecule has 1 aliphatic carbocycles. The van der Waals surface area contributed by atoms with Gasteiger partial charge in [0.2, 0.25) is 0 Å². The number of nitrogens with zero attached hydrogens (tertiary/aromatic N) is 5. The smallest absolute Gasteiger partial charge is 0.259 e. The molecule has 1 fully saturated rings. The molecule has 3 heterocycles. The molecule has 0 atom stereocenters. The second kappa shape index (κ2) is 7.60. The zero-order chi connectivity index (χ0) is 20.7. The third-order valence-corrected chi connectivity index (χ3v) is 6.51. The van der Waals surface area contributed by atoms with Gasteiger partial charge in [-0.3, -0.25) is 9.20 Å². The van der Waals surface area contributed by atoms with Gasteiger partial charge in [-0.05, 0) is 49.9 Å². The molecule has 0 unspecified atom stereocenters. The molecule has 1 saturated carbocycles. The van der Waals surface area contributed by atoms with E-state index in [0.717, 1.165) is 36.3 Å². The summed E-state index contributed by atoms with van der Waals surface area (Å²) in [5.74, 6) is 0.206. The number of rotatable bonds is 6. The van der Waals surface area contributed by atoms with Crippen LogP contribution in [0.15, 0.2) is 53.8 Å². The average Bonchev–Trinajstić information content (AvgIpc) is 3.53. The molecule has 5 rings (SSSR count). The third-order valence-electron chi connectivity index (χ3n) is 5.31. The predicted octanol–water partition coefficient (Wildman–Crippen LogP) is 4.26. The zero-order valence-electron chi connectivity index (χ0n) is 16.5. The minimum Gasteiger partial charge on any atom is -0.366 e. The summed E-state index contributed by atoms with van der Waals surface area (Å²) in [5.41, 5.74) is 3.20. The van der Waals surface area contributed by atoms with Crippen molar-refractivity contribution in [3.63, 3.8) is 0 Å². The lowest BCUT2D eigenvalue weighted by atomic mass is 10.1. The Morgan fingerprint density at radius 2 is 1.93 bits per heavy atom.